The van der Waals surface area contributed by atoms with Gasteiger partial charge in [-0.1, -0.05) is 0 Å². The van der Waals surface area contributed by atoms with Crippen LogP contribution in [0.25, 0.3) is 0 Å². The van der Waals surface area contributed by atoms with Crippen LogP contribution in [-0.2, 0) is 11.2 Å². The van der Waals surface area contributed by atoms with Crippen molar-refractivity contribution in [3.8, 4) is 0 Å². The van der Waals surface area contributed by atoms with Gasteiger partial charge in [-0.25, -0.2) is 4.98 Å². The molecule has 1 amide bonds. The first kappa shape index (κ1) is 8.16. The maximum absolute atomic E-state index is 10.5. The van der Waals surface area contributed by atoms with Crippen molar-refractivity contribution in [1.82, 2.24) is 4.98 Å². The van der Waals surface area contributed by atoms with Crippen LogP contribution < -0.4 is 11.5 Å². The minimum atomic E-state index is -0.614. The molecule has 0 aromatic carbocycles. The van der Waals surface area contributed by atoms with Crippen molar-refractivity contribution in [2.24, 2.45) is 11.5 Å². The van der Waals surface area contributed by atoms with Crippen LogP contribution in [0, 0.1) is 0 Å². The van der Waals surface area contributed by atoms with Gasteiger partial charge in [-0.2, -0.15) is 0 Å². The zero-order chi connectivity index (χ0) is 8.27. The van der Waals surface area contributed by atoms with Crippen molar-refractivity contribution in [1.29, 1.82) is 0 Å². The second-order valence-corrected chi connectivity index (χ2v) is 2.91. The number of primary amides is 1. The summed E-state index contributed by atoms with van der Waals surface area (Å²) in [7, 11) is 0. The normalized spacial score (nSPS) is 12.8. The van der Waals surface area contributed by atoms with Crippen LogP contribution in [0.1, 0.15) is 5.69 Å². The number of nitrogens with zero attached hydrogens (tertiary/aromatic N) is 1. The van der Waals surface area contributed by atoms with Gasteiger partial charge in [0, 0.05) is 11.8 Å². The number of aromatic nitrogens is 1. The first-order valence-corrected chi connectivity index (χ1v) is 4.06. The maximum Gasteiger partial charge on any atom is 0.234 e. The second-order valence-electron chi connectivity index (χ2n) is 2.19. The summed E-state index contributed by atoms with van der Waals surface area (Å²) in [6.45, 7) is 0. The molecule has 60 valence electrons. The molecule has 0 bridgehead atoms. The summed E-state index contributed by atoms with van der Waals surface area (Å²) >= 11 is 1.47. The molecule has 1 aromatic heterocycles. The van der Waals surface area contributed by atoms with Gasteiger partial charge in [0.1, 0.15) is 0 Å². The third-order valence-electron chi connectivity index (χ3n) is 1.28. The summed E-state index contributed by atoms with van der Waals surface area (Å²) in [6.07, 6.45) is 0.429. The van der Waals surface area contributed by atoms with Crippen molar-refractivity contribution < 1.29 is 4.79 Å². The van der Waals surface area contributed by atoms with Crippen LogP contribution in [0.3, 0.4) is 0 Å². The Morgan fingerprint density at radius 3 is 3.00 bits per heavy atom. The van der Waals surface area contributed by atoms with Crippen LogP contribution >= 0.6 is 11.3 Å². The lowest BCUT2D eigenvalue weighted by atomic mass is 10.2. The molecule has 0 saturated heterocycles. The second kappa shape index (κ2) is 3.45. The quantitative estimate of drug-likeness (QED) is 0.643. The van der Waals surface area contributed by atoms with E-state index in [1.54, 1.807) is 5.51 Å². The molecule has 4 N–H and O–H groups in total. The minimum Gasteiger partial charge on any atom is -0.368 e. The molecule has 1 rings (SSSR count). The molecule has 0 saturated carbocycles. The van der Waals surface area contributed by atoms with Crippen molar-refractivity contribution in [3.63, 3.8) is 0 Å². The number of carbonyl (C=O) groups excluding carboxylic acids is 1. The number of amides is 1. The Kier molecular flexibility index (Phi) is 2.56. The zero-order valence-electron chi connectivity index (χ0n) is 5.86. The fourth-order valence-corrected chi connectivity index (χ4v) is 1.24. The van der Waals surface area contributed by atoms with Crippen LogP contribution in [0.4, 0.5) is 0 Å². The summed E-state index contributed by atoms with van der Waals surface area (Å²) in [5.74, 6) is -0.488. The number of carbonyl (C=O) groups is 1. The van der Waals surface area contributed by atoms with E-state index in [-0.39, 0.29) is 0 Å². The summed E-state index contributed by atoms with van der Waals surface area (Å²) in [6, 6.07) is -0.614. The fraction of sp³-hybridized carbons (Fsp3) is 0.333. The van der Waals surface area contributed by atoms with Crippen LogP contribution in [0.15, 0.2) is 10.9 Å². The van der Waals surface area contributed by atoms with Gasteiger partial charge in [-0.3, -0.25) is 4.79 Å². The Balaban J connectivity index is 2.50. The molecule has 11 heavy (non-hydrogen) atoms. The van der Waals surface area contributed by atoms with E-state index in [1.165, 1.54) is 11.3 Å². The van der Waals surface area contributed by atoms with Gasteiger partial charge in [0.2, 0.25) is 5.91 Å². The van der Waals surface area contributed by atoms with Gasteiger partial charge in [-0.05, 0) is 0 Å². The van der Waals surface area contributed by atoms with E-state index < -0.39 is 11.9 Å². The van der Waals surface area contributed by atoms with E-state index in [0.717, 1.165) is 5.69 Å². The Morgan fingerprint density at radius 1 is 1.82 bits per heavy atom. The number of thiazole rings is 1. The highest BCUT2D eigenvalue weighted by Crippen LogP contribution is 2.02. The Hall–Kier alpha value is -0.940. The number of hydrogen-bond acceptors (Lipinski definition) is 4. The number of nitrogens with two attached hydrogens (primary N) is 2. The first-order chi connectivity index (χ1) is 5.20. The Bertz CT molecular complexity index is 234. The van der Waals surface area contributed by atoms with Crippen molar-refractivity contribution in [2.75, 3.05) is 0 Å². The van der Waals surface area contributed by atoms with Crippen LogP contribution in [0.2, 0.25) is 0 Å². The minimum absolute atomic E-state index is 0.429. The van der Waals surface area contributed by atoms with Gasteiger partial charge in [0.25, 0.3) is 0 Å². The largest absolute Gasteiger partial charge is 0.368 e. The molecular formula is C6H9N3OS. The average molecular weight is 171 g/mol. The van der Waals surface area contributed by atoms with Gasteiger partial charge in [0.15, 0.2) is 0 Å². The average Bonchev–Trinajstić information content (AvgIpc) is 2.39. The molecule has 0 aliphatic carbocycles. The molecule has 0 fully saturated rings. The standard InChI is InChI=1S/C6H9N3OS/c7-5(6(8)10)1-4-2-11-3-9-4/h2-3,5H,1,7H2,(H2,8,10). The Labute approximate surface area is 68.2 Å². The molecule has 0 aliphatic rings. The van der Waals surface area contributed by atoms with Gasteiger partial charge < -0.3 is 11.5 Å². The van der Waals surface area contributed by atoms with Crippen molar-refractivity contribution >= 4 is 17.2 Å². The summed E-state index contributed by atoms with van der Waals surface area (Å²) in [5, 5.41) is 1.85. The topological polar surface area (TPSA) is 82.0 Å². The van der Waals surface area contributed by atoms with E-state index in [4.69, 9.17) is 11.5 Å². The molecule has 1 aromatic rings. The molecular weight excluding hydrogens is 162 g/mol. The predicted octanol–water partition coefficient (Wildman–Crippen LogP) is -0.502. The van der Waals surface area contributed by atoms with Crippen molar-refractivity contribution in [2.45, 2.75) is 12.5 Å². The fourth-order valence-electron chi connectivity index (χ4n) is 0.664. The lowest BCUT2D eigenvalue weighted by Crippen LogP contribution is -2.38. The summed E-state index contributed by atoms with van der Waals surface area (Å²) in [4.78, 5) is 14.5. The molecule has 1 heterocycles. The summed E-state index contributed by atoms with van der Waals surface area (Å²) in [5.41, 5.74) is 12.9. The lowest BCUT2D eigenvalue weighted by molar-refractivity contribution is -0.119. The highest BCUT2D eigenvalue weighted by molar-refractivity contribution is 7.07. The summed E-state index contributed by atoms with van der Waals surface area (Å²) < 4.78 is 0. The molecule has 0 radical (unpaired) electrons. The first-order valence-electron chi connectivity index (χ1n) is 3.12. The zero-order valence-corrected chi connectivity index (χ0v) is 6.67. The number of rotatable bonds is 3. The molecule has 5 heteroatoms. The highest BCUT2D eigenvalue weighted by atomic mass is 32.1. The SMILES string of the molecule is NC(=O)C(N)Cc1cscn1. The van der Waals surface area contributed by atoms with E-state index >= 15 is 0 Å². The smallest absolute Gasteiger partial charge is 0.234 e. The van der Waals surface area contributed by atoms with E-state index in [9.17, 15) is 4.79 Å². The molecule has 0 spiro atoms. The third-order valence-corrected chi connectivity index (χ3v) is 1.91. The third kappa shape index (κ3) is 2.28. The molecule has 1 unspecified atom stereocenters. The van der Waals surface area contributed by atoms with Gasteiger partial charge in [-0.15, -0.1) is 11.3 Å². The maximum atomic E-state index is 10.5. The van der Waals surface area contributed by atoms with Crippen LogP contribution in [0.5, 0.6) is 0 Å². The van der Waals surface area contributed by atoms with Gasteiger partial charge in [0.05, 0.1) is 17.2 Å². The molecule has 1 atom stereocenters. The molecule has 0 aliphatic heterocycles. The van der Waals surface area contributed by atoms with E-state index in [0.29, 0.717) is 6.42 Å². The number of hydrogen-bond donors (Lipinski definition) is 2. The van der Waals surface area contributed by atoms with Gasteiger partial charge >= 0.3 is 0 Å². The molecule has 4 nitrogen and oxygen atoms in total. The van der Waals surface area contributed by atoms with E-state index in [1.807, 2.05) is 5.38 Å². The lowest BCUT2D eigenvalue weighted by Gasteiger charge is -2.02. The highest BCUT2D eigenvalue weighted by Gasteiger charge is 2.10. The Morgan fingerprint density at radius 2 is 2.55 bits per heavy atom. The van der Waals surface area contributed by atoms with Crippen LogP contribution in [-0.4, -0.2) is 16.9 Å². The monoisotopic (exact) mass is 171 g/mol. The predicted molar refractivity (Wildman–Crippen MR) is 43.0 cm³/mol. The van der Waals surface area contributed by atoms with E-state index in [2.05, 4.69) is 4.98 Å². The van der Waals surface area contributed by atoms with Crippen molar-refractivity contribution in [3.05, 3.63) is 16.6 Å².